The van der Waals surface area contributed by atoms with E-state index in [1.54, 1.807) is 0 Å². The van der Waals surface area contributed by atoms with E-state index in [1.165, 1.54) is 17.0 Å². The molecule has 0 saturated carbocycles. The SMILES string of the molecule is O=c1cc(C(F)(F)F)c2cc(N3CCC[C@@H]3[C@@H](O)C(F)(F)F)ccc2[nH]1. The molecule has 1 aliphatic rings. The molecule has 0 spiro atoms. The van der Waals surface area contributed by atoms with Crippen LogP contribution < -0.4 is 10.5 Å². The summed E-state index contributed by atoms with van der Waals surface area (Å²) < 4.78 is 78.2. The highest BCUT2D eigenvalue weighted by Crippen LogP contribution is 2.37. The van der Waals surface area contributed by atoms with Crippen LogP contribution in [-0.2, 0) is 6.18 Å². The molecule has 3 rings (SSSR count). The first-order valence-corrected chi connectivity index (χ1v) is 7.74. The van der Waals surface area contributed by atoms with Crippen LogP contribution in [0.4, 0.5) is 32.0 Å². The zero-order chi connectivity index (χ0) is 19.3. The molecule has 10 heteroatoms. The molecule has 2 aromatic rings. The number of aliphatic hydroxyl groups excluding tert-OH is 1. The Morgan fingerprint density at radius 2 is 1.85 bits per heavy atom. The molecule has 1 aliphatic heterocycles. The molecule has 26 heavy (non-hydrogen) atoms. The van der Waals surface area contributed by atoms with Gasteiger partial charge in [-0.05, 0) is 31.0 Å². The lowest BCUT2D eigenvalue weighted by Crippen LogP contribution is -2.47. The van der Waals surface area contributed by atoms with Gasteiger partial charge >= 0.3 is 12.4 Å². The zero-order valence-electron chi connectivity index (χ0n) is 13.2. The second-order valence-electron chi connectivity index (χ2n) is 6.16. The fraction of sp³-hybridized carbons (Fsp3) is 0.438. The van der Waals surface area contributed by atoms with Crippen LogP contribution in [0.2, 0.25) is 0 Å². The van der Waals surface area contributed by atoms with Gasteiger partial charge in [-0.1, -0.05) is 0 Å². The molecular formula is C16H14F6N2O2. The lowest BCUT2D eigenvalue weighted by Gasteiger charge is -2.31. The molecule has 2 N–H and O–H groups in total. The Morgan fingerprint density at radius 1 is 1.15 bits per heavy atom. The first-order valence-electron chi connectivity index (χ1n) is 7.74. The van der Waals surface area contributed by atoms with Crippen LogP contribution in [0, 0.1) is 0 Å². The van der Waals surface area contributed by atoms with Crippen molar-refractivity contribution in [1.82, 2.24) is 4.98 Å². The van der Waals surface area contributed by atoms with E-state index >= 15 is 0 Å². The number of pyridine rings is 1. The Hall–Kier alpha value is -2.23. The average molecular weight is 380 g/mol. The van der Waals surface area contributed by atoms with E-state index in [4.69, 9.17) is 0 Å². The normalized spacial score (nSPS) is 20.0. The Morgan fingerprint density at radius 3 is 2.46 bits per heavy atom. The van der Waals surface area contributed by atoms with Gasteiger partial charge in [0.25, 0.3) is 0 Å². The lowest BCUT2D eigenvalue weighted by atomic mass is 10.1. The highest BCUT2D eigenvalue weighted by molar-refractivity contribution is 5.86. The number of rotatable bonds is 2. The van der Waals surface area contributed by atoms with Crippen molar-refractivity contribution < 1.29 is 31.4 Å². The van der Waals surface area contributed by atoms with Crippen LogP contribution in [0.5, 0.6) is 0 Å². The molecule has 1 fully saturated rings. The molecule has 0 bridgehead atoms. The number of hydrogen-bond donors (Lipinski definition) is 2. The van der Waals surface area contributed by atoms with Gasteiger partial charge in [0.2, 0.25) is 5.56 Å². The van der Waals surface area contributed by atoms with Crippen molar-refractivity contribution >= 4 is 16.6 Å². The van der Waals surface area contributed by atoms with Crippen LogP contribution in [0.15, 0.2) is 29.1 Å². The van der Waals surface area contributed by atoms with Gasteiger partial charge in [0.1, 0.15) is 0 Å². The largest absolute Gasteiger partial charge is 0.417 e. The number of aromatic amines is 1. The average Bonchev–Trinajstić information content (AvgIpc) is 3.00. The summed E-state index contributed by atoms with van der Waals surface area (Å²) in [7, 11) is 0. The highest BCUT2D eigenvalue weighted by Gasteiger charge is 2.47. The van der Waals surface area contributed by atoms with Crippen LogP contribution in [0.3, 0.4) is 0 Å². The van der Waals surface area contributed by atoms with E-state index in [9.17, 15) is 36.2 Å². The summed E-state index contributed by atoms with van der Waals surface area (Å²) in [6.45, 7) is 0.175. The van der Waals surface area contributed by atoms with Gasteiger partial charge in [0.15, 0.2) is 6.10 Å². The van der Waals surface area contributed by atoms with Crippen LogP contribution in [0.1, 0.15) is 18.4 Å². The molecule has 0 amide bonds. The molecule has 0 radical (unpaired) electrons. The highest BCUT2D eigenvalue weighted by atomic mass is 19.4. The van der Waals surface area contributed by atoms with Crippen molar-refractivity contribution in [1.29, 1.82) is 0 Å². The Kier molecular flexibility index (Phi) is 4.41. The number of H-pyrrole nitrogens is 1. The van der Waals surface area contributed by atoms with E-state index < -0.39 is 35.6 Å². The number of halogens is 6. The number of nitrogens with one attached hydrogen (secondary N) is 1. The minimum absolute atomic E-state index is 0.0659. The number of fused-ring (bicyclic) bond motifs is 1. The molecule has 1 aromatic carbocycles. The minimum Gasteiger partial charge on any atom is -0.382 e. The first kappa shape index (κ1) is 18.6. The van der Waals surface area contributed by atoms with Crippen molar-refractivity contribution in [2.24, 2.45) is 0 Å². The summed E-state index contributed by atoms with van der Waals surface area (Å²) in [6.07, 6.45) is -11.8. The van der Waals surface area contributed by atoms with E-state index in [0.29, 0.717) is 12.5 Å². The van der Waals surface area contributed by atoms with E-state index in [0.717, 1.165) is 6.07 Å². The number of hydrogen-bond acceptors (Lipinski definition) is 3. The zero-order valence-corrected chi connectivity index (χ0v) is 13.2. The number of anilines is 1. The van der Waals surface area contributed by atoms with Crippen LogP contribution in [-0.4, -0.2) is 35.0 Å². The van der Waals surface area contributed by atoms with Crippen molar-refractivity contribution in [2.45, 2.75) is 37.3 Å². The second-order valence-corrected chi connectivity index (χ2v) is 6.16. The van der Waals surface area contributed by atoms with Gasteiger partial charge in [0, 0.05) is 29.2 Å². The van der Waals surface area contributed by atoms with Gasteiger partial charge in [-0.25, -0.2) is 0 Å². The molecule has 0 aliphatic carbocycles. The van der Waals surface area contributed by atoms with E-state index in [1.807, 2.05) is 0 Å². The number of benzene rings is 1. The summed E-state index contributed by atoms with van der Waals surface area (Å²) in [5.74, 6) is 0. The Bertz CT molecular complexity index is 874. The van der Waals surface area contributed by atoms with Gasteiger partial charge in [-0.3, -0.25) is 4.79 Å². The third-order valence-electron chi connectivity index (χ3n) is 4.46. The summed E-state index contributed by atoms with van der Waals surface area (Å²) in [6, 6.07) is 2.79. The molecule has 1 saturated heterocycles. The molecule has 1 aromatic heterocycles. The number of aromatic nitrogens is 1. The summed E-state index contributed by atoms with van der Waals surface area (Å²) in [5.41, 5.74) is -2.03. The second kappa shape index (κ2) is 6.19. The Balaban J connectivity index is 2.09. The molecule has 0 unspecified atom stereocenters. The Labute approximate surface area is 143 Å². The maximum Gasteiger partial charge on any atom is 0.417 e. The van der Waals surface area contributed by atoms with Crippen molar-refractivity contribution in [2.75, 3.05) is 11.4 Å². The van der Waals surface area contributed by atoms with Gasteiger partial charge in [-0.2, -0.15) is 26.3 Å². The van der Waals surface area contributed by atoms with Gasteiger partial charge < -0.3 is 15.0 Å². The van der Waals surface area contributed by atoms with Gasteiger partial charge in [-0.15, -0.1) is 0 Å². The topological polar surface area (TPSA) is 56.3 Å². The molecule has 142 valence electrons. The van der Waals surface area contributed by atoms with Crippen LogP contribution >= 0.6 is 0 Å². The fourth-order valence-corrected chi connectivity index (χ4v) is 3.31. The van der Waals surface area contributed by atoms with Crippen molar-refractivity contribution in [3.63, 3.8) is 0 Å². The van der Waals surface area contributed by atoms with E-state index in [-0.39, 0.29) is 29.6 Å². The van der Waals surface area contributed by atoms with E-state index in [2.05, 4.69) is 4.98 Å². The predicted molar refractivity (Wildman–Crippen MR) is 82.0 cm³/mol. The molecular weight excluding hydrogens is 366 g/mol. The molecule has 2 atom stereocenters. The summed E-state index contributed by atoms with van der Waals surface area (Å²) >= 11 is 0. The minimum atomic E-state index is -4.83. The number of alkyl halides is 6. The first-order chi connectivity index (χ1) is 12.0. The standard InChI is InChI=1S/C16H14F6N2O2/c17-15(18,19)10-7-13(25)23-11-4-3-8(6-9(10)11)24-5-1-2-12(24)14(26)16(20,21)22/h3-4,6-7,12,14,26H,1-2,5H2,(H,23,25)/t12-,14-/m1/s1. The fourth-order valence-electron chi connectivity index (χ4n) is 3.31. The van der Waals surface area contributed by atoms with Crippen molar-refractivity contribution in [3.8, 4) is 0 Å². The number of nitrogens with zero attached hydrogens (tertiary/aromatic N) is 1. The molecule has 4 nitrogen and oxygen atoms in total. The third kappa shape index (κ3) is 3.37. The lowest BCUT2D eigenvalue weighted by molar-refractivity contribution is -0.209. The smallest absolute Gasteiger partial charge is 0.382 e. The van der Waals surface area contributed by atoms with Gasteiger partial charge in [0.05, 0.1) is 11.6 Å². The maximum atomic E-state index is 13.2. The summed E-state index contributed by atoms with van der Waals surface area (Å²) in [4.78, 5) is 14.9. The summed E-state index contributed by atoms with van der Waals surface area (Å²) in [5, 5.41) is 9.24. The van der Waals surface area contributed by atoms with Crippen LogP contribution in [0.25, 0.3) is 10.9 Å². The maximum absolute atomic E-state index is 13.2. The molecule has 2 heterocycles. The predicted octanol–water partition coefficient (Wildman–Crippen LogP) is 3.44. The third-order valence-corrected chi connectivity index (χ3v) is 4.46. The quantitative estimate of drug-likeness (QED) is 0.785. The van der Waals surface area contributed by atoms with Crippen molar-refractivity contribution in [3.05, 3.63) is 40.2 Å². The number of aliphatic hydroxyl groups is 1. The monoisotopic (exact) mass is 380 g/mol.